The molecule has 1 saturated heterocycles. The zero-order valence-electron chi connectivity index (χ0n) is 22.4. The molecular weight excluding hydrogens is 474 g/mol. The van der Waals surface area contributed by atoms with E-state index in [2.05, 4.69) is 19.7 Å². The van der Waals surface area contributed by atoms with Crippen LogP contribution in [0.1, 0.15) is 103 Å². The Balaban J connectivity index is 1.21. The molecular formula is C27H45N5O5. The summed E-state index contributed by atoms with van der Waals surface area (Å²) < 4.78 is 18.7. The van der Waals surface area contributed by atoms with Crippen LogP contribution >= 0.6 is 0 Å². The number of aliphatic hydroxyl groups excluding tert-OH is 1. The van der Waals surface area contributed by atoms with Crippen molar-refractivity contribution in [2.45, 2.75) is 115 Å². The molecule has 10 nitrogen and oxygen atoms in total. The number of imidazole rings is 1. The first-order valence-electron chi connectivity index (χ1n) is 14.0. The number of anilines is 1. The van der Waals surface area contributed by atoms with E-state index >= 15 is 0 Å². The Morgan fingerprint density at radius 1 is 1.00 bits per heavy atom. The van der Waals surface area contributed by atoms with Gasteiger partial charge in [0.2, 0.25) is 0 Å². The Morgan fingerprint density at radius 2 is 1.62 bits per heavy atom. The third-order valence-corrected chi connectivity index (χ3v) is 7.09. The van der Waals surface area contributed by atoms with Crippen LogP contribution in [0.25, 0.3) is 11.2 Å². The van der Waals surface area contributed by atoms with Crippen molar-refractivity contribution in [2.75, 3.05) is 26.1 Å². The highest BCUT2D eigenvalue weighted by Gasteiger charge is 2.38. The Hall–Kier alpha value is -2.30. The lowest BCUT2D eigenvalue weighted by molar-refractivity contribution is -0.140. The molecule has 0 saturated carbocycles. The Bertz CT molecular complexity index is 924. The number of aromatic nitrogens is 4. The molecule has 3 atom stereocenters. The number of nitrogens with zero attached hydrogens (tertiary/aromatic N) is 4. The molecule has 1 unspecified atom stereocenters. The lowest BCUT2D eigenvalue weighted by Gasteiger charge is -2.20. The normalized spacial score (nSPS) is 19.6. The fraction of sp³-hybridized carbons (Fsp3) is 0.778. The van der Waals surface area contributed by atoms with Crippen LogP contribution in [-0.2, 0) is 19.0 Å². The maximum atomic E-state index is 11.1. The number of hydrogen-bond acceptors (Lipinski definition) is 9. The van der Waals surface area contributed by atoms with Gasteiger partial charge in [0.15, 0.2) is 17.7 Å². The van der Waals surface area contributed by atoms with E-state index in [0.717, 1.165) is 25.7 Å². The summed E-state index contributed by atoms with van der Waals surface area (Å²) in [5.74, 6) is 0.240. The Kier molecular flexibility index (Phi) is 13.1. The highest BCUT2D eigenvalue weighted by atomic mass is 16.6. The highest BCUT2D eigenvalue weighted by molar-refractivity contribution is 5.81. The van der Waals surface area contributed by atoms with Gasteiger partial charge in [0.05, 0.1) is 26.1 Å². The van der Waals surface area contributed by atoms with E-state index in [-0.39, 0.29) is 24.8 Å². The second kappa shape index (κ2) is 16.5. The van der Waals surface area contributed by atoms with Crippen molar-refractivity contribution in [3.8, 4) is 0 Å². The van der Waals surface area contributed by atoms with Crippen LogP contribution in [0.2, 0.25) is 0 Å². The van der Waals surface area contributed by atoms with Crippen LogP contribution in [-0.4, -0.2) is 63.1 Å². The fourth-order valence-electron chi connectivity index (χ4n) is 4.94. The number of carbonyl (C=O) groups excluding carboxylic acids is 1. The Labute approximate surface area is 220 Å². The number of methoxy groups -OCH3 is 1. The van der Waals surface area contributed by atoms with Crippen LogP contribution in [0.15, 0.2) is 12.7 Å². The number of aliphatic hydroxyl groups is 1. The maximum Gasteiger partial charge on any atom is 0.305 e. The number of nitrogen functional groups attached to an aromatic ring is 1. The fourth-order valence-corrected chi connectivity index (χ4v) is 4.94. The zero-order valence-corrected chi connectivity index (χ0v) is 22.4. The van der Waals surface area contributed by atoms with Crippen LogP contribution in [0.5, 0.6) is 0 Å². The minimum Gasteiger partial charge on any atom is -0.469 e. The van der Waals surface area contributed by atoms with Gasteiger partial charge in [0, 0.05) is 19.4 Å². The van der Waals surface area contributed by atoms with Gasteiger partial charge in [-0.1, -0.05) is 70.6 Å². The molecule has 3 N–H and O–H groups in total. The summed E-state index contributed by atoms with van der Waals surface area (Å²) in [7, 11) is 1.45. The molecule has 2 aromatic heterocycles. The number of fused-ring (bicyclic) bond motifs is 1. The predicted molar refractivity (Wildman–Crippen MR) is 142 cm³/mol. The number of ether oxygens (including phenoxy) is 3. The molecule has 0 amide bonds. The summed E-state index contributed by atoms with van der Waals surface area (Å²) in [6.07, 6.45) is 19.2. The molecule has 37 heavy (non-hydrogen) atoms. The second-order valence-corrected chi connectivity index (χ2v) is 9.98. The summed E-state index contributed by atoms with van der Waals surface area (Å²) >= 11 is 0. The first-order chi connectivity index (χ1) is 18.1. The van der Waals surface area contributed by atoms with Crippen molar-refractivity contribution >= 4 is 23.0 Å². The first-order valence-corrected chi connectivity index (χ1v) is 14.0. The van der Waals surface area contributed by atoms with Gasteiger partial charge in [0.1, 0.15) is 17.9 Å². The van der Waals surface area contributed by atoms with E-state index in [1.807, 2.05) is 4.57 Å². The maximum absolute atomic E-state index is 11.1. The summed E-state index contributed by atoms with van der Waals surface area (Å²) in [5, 5.41) is 9.62. The average molecular weight is 520 g/mol. The summed E-state index contributed by atoms with van der Waals surface area (Å²) in [5.41, 5.74) is 7.07. The second-order valence-electron chi connectivity index (χ2n) is 9.98. The third-order valence-electron chi connectivity index (χ3n) is 7.09. The van der Waals surface area contributed by atoms with Gasteiger partial charge in [-0.2, -0.15) is 0 Å². The number of unbranched alkanes of at least 4 members (excludes halogenated alkanes) is 12. The molecule has 2 aromatic rings. The first kappa shape index (κ1) is 29.3. The van der Waals surface area contributed by atoms with E-state index in [9.17, 15) is 9.90 Å². The standard InChI is InChI=1S/C27H45N5O5/c1-35-23(34)15-13-11-9-7-5-3-2-4-6-8-10-12-14-16-36-22-17-21(18-33)37-27(22)32-20-31-24-25(28)29-19-30-26(24)32/h19-22,27,33H,2-18H2,1H3,(H2,28,29,30)/t21-,22?,27+/m0/s1. The van der Waals surface area contributed by atoms with E-state index in [4.69, 9.17) is 15.2 Å². The highest BCUT2D eigenvalue weighted by Crippen LogP contribution is 2.33. The summed E-state index contributed by atoms with van der Waals surface area (Å²) in [6.45, 7) is 0.628. The smallest absolute Gasteiger partial charge is 0.305 e. The van der Waals surface area contributed by atoms with Crippen LogP contribution < -0.4 is 5.73 Å². The zero-order chi connectivity index (χ0) is 26.3. The largest absolute Gasteiger partial charge is 0.469 e. The molecule has 0 aromatic carbocycles. The predicted octanol–water partition coefficient (Wildman–Crippen LogP) is 4.71. The van der Waals surface area contributed by atoms with E-state index in [1.54, 1.807) is 6.33 Å². The topological polar surface area (TPSA) is 135 Å². The van der Waals surface area contributed by atoms with Gasteiger partial charge in [-0.05, 0) is 12.8 Å². The molecule has 3 rings (SSSR count). The number of hydrogen-bond donors (Lipinski definition) is 2. The molecule has 0 bridgehead atoms. The van der Waals surface area contributed by atoms with Gasteiger partial charge in [-0.15, -0.1) is 0 Å². The van der Waals surface area contributed by atoms with E-state index in [0.29, 0.717) is 36.4 Å². The molecule has 1 aliphatic rings. The number of nitrogens with two attached hydrogens (primary N) is 1. The summed E-state index contributed by atoms with van der Waals surface area (Å²) in [6, 6.07) is 0. The van der Waals surface area contributed by atoms with Crippen molar-refractivity contribution in [3.05, 3.63) is 12.7 Å². The molecule has 10 heteroatoms. The lowest BCUT2D eigenvalue weighted by Crippen LogP contribution is -2.23. The van der Waals surface area contributed by atoms with E-state index < -0.39 is 6.23 Å². The van der Waals surface area contributed by atoms with E-state index in [1.165, 1.54) is 71.2 Å². The average Bonchev–Trinajstić information content (AvgIpc) is 3.52. The van der Waals surface area contributed by atoms with Gasteiger partial charge in [0.25, 0.3) is 0 Å². The Morgan fingerprint density at radius 3 is 2.24 bits per heavy atom. The minimum atomic E-state index is -0.392. The van der Waals surface area contributed by atoms with Gasteiger partial charge >= 0.3 is 5.97 Å². The monoisotopic (exact) mass is 519 g/mol. The molecule has 0 radical (unpaired) electrons. The van der Waals surface area contributed by atoms with Gasteiger partial charge in [-0.3, -0.25) is 9.36 Å². The van der Waals surface area contributed by atoms with Gasteiger partial charge in [-0.25, -0.2) is 15.0 Å². The van der Waals surface area contributed by atoms with Crippen molar-refractivity contribution in [1.82, 2.24) is 19.5 Å². The molecule has 0 aliphatic carbocycles. The third kappa shape index (κ3) is 9.50. The van der Waals surface area contributed by atoms with Crippen LogP contribution in [0.3, 0.4) is 0 Å². The molecule has 1 fully saturated rings. The SMILES string of the molecule is COC(=O)CCCCCCCCCCCCCCCOC1C[C@@H](CO)O[C@H]1n1cnc2c(N)ncnc21. The van der Waals surface area contributed by atoms with Crippen molar-refractivity contribution in [2.24, 2.45) is 0 Å². The molecule has 1 aliphatic heterocycles. The number of carbonyl (C=O) groups is 1. The van der Waals surface area contributed by atoms with Gasteiger partial charge < -0.3 is 25.1 Å². The van der Waals surface area contributed by atoms with Crippen molar-refractivity contribution < 1.29 is 24.1 Å². The summed E-state index contributed by atoms with van der Waals surface area (Å²) in [4.78, 5) is 23.7. The molecule has 208 valence electrons. The van der Waals surface area contributed by atoms with Crippen LogP contribution in [0.4, 0.5) is 5.82 Å². The van der Waals surface area contributed by atoms with Crippen molar-refractivity contribution in [3.63, 3.8) is 0 Å². The quantitative estimate of drug-likeness (QED) is 0.200. The number of esters is 1. The van der Waals surface area contributed by atoms with Crippen molar-refractivity contribution in [1.29, 1.82) is 0 Å². The van der Waals surface area contributed by atoms with Crippen LogP contribution in [0, 0.1) is 0 Å². The molecule has 3 heterocycles. The number of rotatable bonds is 19. The molecule has 0 spiro atoms. The minimum absolute atomic E-state index is 0.0445. The lowest BCUT2D eigenvalue weighted by atomic mass is 10.0.